The van der Waals surface area contributed by atoms with Gasteiger partial charge in [0.05, 0.1) is 12.3 Å². The van der Waals surface area contributed by atoms with Crippen molar-refractivity contribution in [3.63, 3.8) is 0 Å². The molecule has 4 nitrogen and oxygen atoms in total. The highest BCUT2D eigenvalue weighted by molar-refractivity contribution is 6.30. The molecule has 0 atom stereocenters. The number of ether oxygens (including phenoxy) is 1. The second-order valence-electron chi connectivity index (χ2n) is 5.41. The van der Waals surface area contributed by atoms with Crippen molar-refractivity contribution in [2.24, 2.45) is 0 Å². The van der Waals surface area contributed by atoms with Crippen molar-refractivity contribution in [2.75, 3.05) is 6.61 Å². The van der Waals surface area contributed by atoms with Crippen LogP contribution in [-0.2, 0) is 4.74 Å². The van der Waals surface area contributed by atoms with E-state index in [1.165, 1.54) is 12.1 Å². The normalized spacial score (nSPS) is 10.7. The first-order valence-electron chi connectivity index (χ1n) is 7.79. The lowest BCUT2D eigenvalue weighted by atomic mass is 10.2. The average molecular weight is 359 g/mol. The Hall–Kier alpha value is -2.66. The van der Waals surface area contributed by atoms with E-state index in [1.807, 2.05) is 16.7 Å². The zero-order valence-corrected chi connectivity index (χ0v) is 14.5. The van der Waals surface area contributed by atoms with E-state index in [2.05, 4.69) is 4.98 Å². The van der Waals surface area contributed by atoms with Crippen LogP contribution in [0.5, 0.6) is 0 Å². The van der Waals surface area contributed by atoms with Crippen molar-refractivity contribution in [1.29, 1.82) is 0 Å². The van der Waals surface area contributed by atoms with Gasteiger partial charge in [0.1, 0.15) is 11.6 Å². The number of esters is 1. The van der Waals surface area contributed by atoms with Crippen LogP contribution in [0, 0.1) is 12.7 Å². The van der Waals surface area contributed by atoms with Gasteiger partial charge in [0.15, 0.2) is 5.69 Å². The largest absolute Gasteiger partial charge is 0.461 e. The predicted octanol–water partition coefficient (Wildman–Crippen LogP) is 4.82. The maximum atomic E-state index is 13.3. The summed E-state index contributed by atoms with van der Waals surface area (Å²) in [6, 6.07) is 13.1. The molecule has 3 rings (SSSR count). The number of rotatable bonds is 4. The first kappa shape index (κ1) is 17.2. The van der Waals surface area contributed by atoms with Crippen LogP contribution < -0.4 is 0 Å². The molecule has 0 aliphatic heterocycles. The smallest absolute Gasteiger partial charge is 0.358 e. The van der Waals surface area contributed by atoms with Gasteiger partial charge < -0.3 is 4.74 Å². The molecular weight excluding hydrogens is 343 g/mol. The van der Waals surface area contributed by atoms with Crippen molar-refractivity contribution < 1.29 is 13.9 Å². The molecule has 0 aliphatic carbocycles. The summed E-state index contributed by atoms with van der Waals surface area (Å²) in [7, 11) is 0. The van der Waals surface area contributed by atoms with Crippen LogP contribution in [0.4, 0.5) is 4.39 Å². The second-order valence-corrected chi connectivity index (χ2v) is 5.85. The van der Waals surface area contributed by atoms with E-state index in [0.29, 0.717) is 22.1 Å². The quantitative estimate of drug-likeness (QED) is 0.628. The third-order valence-corrected chi connectivity index (χ3v) is 4.02. The summed E-state index contributed by atoms with van der Waals surface area (Å²) in [5.74, 6) is -0.297. The van der Waals surface area contributed by atoms with Crippen LogP contribution in [-0.4, -0.2) is 22.1 Å². The van der Waals surface area contributed by atoms with Gasteiger partial charge in [-0.05, 0) is 62.4 Å². The highest BCUT2D eigenvalue weighted by Gasteiger charge is 2.22. The Bertz CT molecular complexity index is 902. The van der Waals surface area contributed by atoms with Crippen LogP contribution in [0.25, 0.3) is 17.1 Å². The first-order valence-corrected chi connectivity index (χ1v) is 8.17. The molecule has 1 aromatic heterocycles. The van der Waals surface area contributed by atoms with Crippen molar-refractivity contribution in [1.82, 2.24) is 9.55 Å². The Morgan fingerprint density at radius 3 is 2.40 bits per heavy atom. The van der Waals surface area contributed by atoms with E-state index in [-0.39, 0.29) is 18.1 Å². The zero-order chi connectivity index (χ0) is 18.0. The molecule has 0 amide bonds. The van der Waals surface area contributed by atoms with E-state index in [0.717, 1.165) is 5.69 Å². The second kappa shape index (κ2) is 7.07. The summed E-state index contributed by atoms with van der Waals surface area (Å²) in [5.41, 5.74) is 2.36. The lowest BCUT2D eigenvalue weighted by molar-refractivity contribution is 0.0519. The molecule has 0 aliphatic rings. The number of imidazole rings is 1. The molecule has 0 N–H and O–H groups in total. The van der Waals surface area contributed by atoms with E-state index in [1.54, 1.807) is 38.1 Å². The van der Waals surface area contributed by atoms with Crippen LogP contribution >= 0.6 is 11.6 Å². The molecule has 3 aromatic rings. The van der Waals surface area contributed by atoms with E-state index >= 15 is 0 Å². The lowest BCUT2D eigenvalue weighted by Crippen LogP contribution is -2.07. The molecule has 0 saturated heterocycles. The average Bonchev–Trinajstić information content (AvgIpc) is 2.94. The lowest BCUT2D eigenvalue weighted by Gasteiger charge is -2.10. The molecule has 25 heavy (non-hydrogen) atoms. The van der Waals surface area contributed by atoms with Crippen LogP contribution in [0.2, 0.25) is 5.02 Å². The Kier molecular flexibility index (Phi) is 4.86. The third-order valence-electron chi connectivity index (χ3n) is 3.76. The van der Waals surface area contributed by atoms with Gasteiger partial charge >= 0.3 is 5.97 Å². The third kappa shape index (κ3) is 3.42. The maximum absolute atomic E-state index is 13.3. The summed E-state index contributed by atoms with van der Waals surface area (Å²) in [6.07, 6.45) is 0. The van der Waals surface area contributed by atoms with Crippen molar-refractivity contribution in [3.05, 3.63) is 70.8 Å². The number of aromatic nitrogens is 2. The van der Waals surface area contributed by atoms with Crippen molar-refractivity contribution >= 4 is 17.6 Å². The fourth-order valence-corrected chi connectivity index (χ4v) is 2.72. The standard InChI is InChI=1S/C19H16ClFN2O2/c1-3-25-19(24)17-12(2)23(16-10-6-14(20)7-11-16)18(22-17)13-4-8-15(21)9-5-13/h4-11H,3H2,1-2H3. The molecule has 2 aromatic carbocycles. The van der Waals surface area contributed by atoms with Crippen molar-refractivity contribution in [2.45, 2.75) is 13.8 Å². The maximum Gasteiger partial charge on any atom is 0.358 e. The first-order chi connectivity index (χ1) is 12.0. The highest BCUT2D eigenvalue weighted by Crippen LogP contribution is 2.27. The van der Waals surface area contributed by atoms with Gasteiger partial charge in [0.25, 0.3) is 0 Å². The van der Waals surface area contributed by atoms with Crippen LogP contribution in [0.3, 0.4) is 0 Å². The molecule has 128 valence electrons. The summed E-state index contributed by atoms with van der Waals surface area (Å²) >= 11 is 5.97. The number of hydrogen-bond acceptors (Lipinski definition) is 3. The van der Waals surface area contributed by atoms with Gasteiger partial charge in [-0.15, -0.1) is 0 Å². The molecule has 0 spiro atoms. The van der Waals surface area contributed by atoms with Crippen LogP contribution in [0.1, 0.15) is 23.1 Å². The number of halogens is 2. The molecule has 0 radical (unpaired) electrons. The summed E-state index contributed by atoms with van der Waals surface area (Å²) in [4.78, 5) is 16.7. The van der Waals surface area contributed by atoms with Crippen LogP contribution in [0.15, 0.2) is 48.5 Å². The molecule has 0 saturated carbocycles. The SMILES string of the molecule is CCOC(=O)c1nc(-c2ccc(F)cc2)n(-c2ccc(Cl)cc2)c1C. The van der Waals surface area contributed by atoms with E-state index in [4.69, 9.17) is 16.3 Å². The molecule has 6 heteroatoms. The van der Waals surface area contributed by atoms with Gasteiger partial charge in [-0.2, -0.15) is 0 Å². The zero-order valence-electron chi connectivity index (χ0n) is 13.8. The predicted molar refractivity (Wildman–Crippen MR) is 94.7 cm³/mol. The monoisotopic (exact) mass is 358 g/mol. The number of nitrogens with zero attached hydrogens (tertiary/aromatic N) is 2. The van der Waals surface area contributed by atoms with E-state index in [9.17, 15) is 9.18 Å². The number of benzene rings is 2. The van der Waals surface area contributed by atoms with Crippen molar-refractivity contribution in [3.8, 4) is 17.1 Å². The van der Waals surface area contributed by atoms with E-state index < -0.39 is 5.97 Å². The van der Waals surface area contributed by atoms with Gasteiger partial charge in [0, 0.05) is 16.3 Å². The minimum Gasteiger partial charge on any atom is -0.461 e. The fraction of sp³-hybridized carbons (Fsp3) is 0.158. The topological polar surface area (TPSA) is 44.1 Å². The molecule has 0 bridgehead atoms. The molecule has 1 heterocycles. The summed E-state index contributed by atoms with van der Waals surface area (Å²) in [6.45, 7) is 3.79. The van der Waals surface area contributed by atoms with Gasteiger partial charge in [-0.3, -0.25) is 4.57 Å². The molecular formula is C19H16ClFN2O2. The Morgan fingerprint density at radius 2 is 1.80 bits per heavy atom. The Labute approximate surface area is 149 Å². The molecule has 0 unspecified atom stereocenters. The van der Waals surface area contributed by atoms with Gasteiger partial charge in [-0.25, -0.2) is 14.2 Å². The highest BCUT2D eigenvalue weighted by atomic mass is 35.5. The Morgan fingerprint density at radius 1 is 1.16 bits per heavy atom. The number of carbonyl (C=O) groups is 1. The summed E-state index contributed by atoms with van der Waals surface area (Å²) < 4.78 is 20.2. The minimum absolute atomic E-state index is 0.233. The summed E-state index contributed by atoms with van der Waals surface area (Å²) in [5, 5.41) is 0.607. The molecule has 0 fully saturated rings. The Balaban J connectivity index is 2.21. The number of carbonyl (C=O) groups excluding carboxylic acids is 1. The van der Waals surface area contributed by atoms with Gasteiger partial charge in [-0.1, -0.05) is 11.6 Å². The fourth-order valence-electron chi connectivity index (χ4n) is 2.59. The number of hydrogen-bond donors (Lipinski definition) is 0. The van der Waals surface area contributed by atoms with Gasteiger partial charge in [0.2, 0.25) is 0 Å². The minimum atomic E-state index is -0.490.